The zero-order valence-corrected chi connectivity index (χ0v) is 10.2. The van der Waals surface area contributed by atoms with E-state index in [0.29, 0.717) is 19.4 Å². The molecule has 0 radical (unpaired) electrons. The van der Waals surface area contributed by atoms with Crippen molar-refractivity contribution in [3.63, 3.8) is 0 Å². The monoisotopic (exact) mass is 235 g/mol. The summed E-state index contributed by atoms with van der Waals surface area (Å²) in [5.41, 5.74) is 1.59. The Labute approximate surface area is 101 Å². The van der Waals surface area contributed by atoms with Crippen molar-refractivity contribution in [2.24, 2.45) is 5.41 Å². The van der Waals surface area contributed by atoms with Crippen molar-refractivity contribution >= 4 is 5.97 Å². The lowest BCUT2D eigenvalue weighted by atomic mass is 9.82. The van der Waals surface area contributed by atoms with Gasteiger partial charge in [0.2, 0.25) is 0 Å². The quantitative estimate of drug-likeness (QED) is 0.452. The van der Waals surface area contributed by atoms with Gasteiger partial charge in [-0.3, -0.25) is 4.79 Å². The van der Waals surface area contributed by atoms with Gasteiger partial charge in [0.05, 0.1) is 12.0 Å². The molecule has 92 valence electrons. The van der Waals surface area contributed by atoms with E-state index in [1.54, 1.807) is 12.3 Å². The number of hydrogen-bond donors (Lipinski definition) is 0. The SMILES string of the molecule is CCOC(=O)C1(CC)Cc2cc[n+]([O-])cc2C1. The first kappa shape index (κ1) is 11.9. The Balaban J connectivity index is 2.29. The molecule has 1 unspecified atom stereocenters. The highest BCUT2D eigenvalue weighted by Gasteiger charge is 2.44. The fraction of sp³-hybridized carbons (Fsp3) is 0.538. The molecular weight excluding hydrogens is 218 g/mol. The molecule has 1 aromatic rings. The van der Waals surface area contributed by atoms with Crippen LogP contribution in [0.1, 0.15) is 31.4 Å². The second kappa shape index (κ2) is 4.35. The van der Waals surface area contributed by atoms with Gasteiger partial charge in [-0.25, -0.2) is 0 Å². The summed E-state index contributed by atoms with van der Waals surface area (Å²) in [7, 11) is 0. The maximum absolute atomic E-state index is 12.0. The number of fused-ring (bicyclic) bond motifs is 1. The average molecular weight is 235 g/mol. The van der Waals surface area contributed by atoms with Crippen LogP contribution in [-0.2, 0) is 22.4 Å². The minimum Gasteiger partial charge on any atom is -0.619 e. The van der Waals surface area contributed by atoms with E-state index in [2.05, 4.69) is 0 Å². The van der Waals surface area contributed by atoms with Crippen molar-refractivity contribution in [2.75, 3.05) is 6.61 Å². The highest BCUT2D eigenvalue weighted by atomic mass is 16.5. The second-order valence-electron chi connectivity index (χ2n) is 4.56. The molecule has 0 saturated heterocycles. The lowest BCUT2D eigenvalue weighted by Gasteiger charge is -2.24. The van der Waals surface area contributed by atoms with E-state index < -0.39 is 5.41 Å². The lowest BCUT2D eigenvalue weighted by Crippen LogP contribution is -2.33. The van der Waals surface area contributed by atoms with Gasteiger partial charge < -0.3 is 9.94 Å². The molecule has 0 saturated carbocycles. The standard InChI is InChI=1S/C13H17NO3/c1-3-13(12(15)17-4-2)7-10-5-6-14(16)9-11(10)8-13/h5-6,9H,3-4,7-8H2,1-2H3. The molecule has 0 bridgehead atoms. The van der Waals surface area contributed by atoms with Crippen LogP contribution in [0.4, 0.5) is 0 Å². The van der Waals surface area contributed by atoms with Gasteiger partial charge in [-0.15, -0.1) is 0 Å². The second-order valence-corrected chi connectivity index (χ2v) is 4.56. The summed E-state index contributed by atoms with van der Waals surface area (Å²) in [5, 5.41) is 11.2. The molecule has 1 aliphatic carbocycles. The van der Waals surface area contributed by atoms with Gasteiger partial charge in [0.15, 0.2) is 12.4 Å². The third-order valence-corrected chi connectivity index (χ3v) is 3.56. The first-order valence-corrected chi connectivity index (χ1v) is 5.99. The summed E-state index contributed by atoms with van der Waals surface area (Å²) in [5.74, 6) is -0.142. The number of hydrogen-bond acceptors (Lipinski definition) is 3. The minimum atomic E-state index is -0.466. The number of esters is 1. The maximum Gasteiger partial charge on any atom is 0.312 e. The summed E-state index contributed by atoms with van der Waals surface area (Å²) >= 11 is 0. The van der Waals surface area contributed by atoms with E-state index in [9.17, 15) is 10.0 Å². The van der Waals surface area contributed by atoms with Crippen LogP contribution in [0.25, 0.3) is 0 Å². The maximum atomic E-state index is 12.0. The lowest BCUT2D eigenvalue weighted by molar-refractivity contribution is -0.605. The van der Waals surface area contributed by atoms with Gasteiger partial charge >= 0.3 is 5.97 Å². The molecule has 2 rings (SSSR count). The molecule has 1 aliphatic rings. The van der Waals surface area contributed by atoms with Crippen LogP contribution in [-0.4, -0.2) is 12.6 Å². The van der Waals surface area contributed by atoms with Gasteiger partial charge in [0.25, 0.3) is 0 Å². The summed E-state index contributed by atoms with van der Waals surface area (Å²) in [6, 6.07) is 1.80. The summed E-state index contributed by atoms with van der Waals surface area (Å²) in [6.07, 6.45) is 5.07. The number of aromatic nitrogens is 1. The molecule has 1 atom stereocenters. The Morgan fingerprint density at radius 1 is 1.47 bits per heavy atom. The van der Waals surface area contributed by atoms with Crippen molar-refractivity contribution < 1.29 is 14.3 Å². The molecule has 0 amide bonds. The Hall–Kier alpha value is -1.58. The van der Waals surface area contributed by atoms with Crippen LogP contribution in [0, 0.1) is 10.6 Å². The summed E-state index contributed by atoms with van der Waals surface area (Å²) < 4.78 is 5.95. The van der Waals surface area contributed by atoms with Crippen molar-refractivity contribution in [3.05, 3.63) is 34.8 Å². The predicted molar refractivity (Wildman–Crippen MR) is 62.2 cm³/mol. The third-order valence-electron chi connectivity index (χ3n) is 3.56. The molecule has 4 heteroatoms. The fourth-order valence-electron chi connectivity index (χ4n) is 2.50. The van der Waals surface area contributed by atoms with Crippen molar-refractivity contribution in [2.45, 2.75) is 33.1 Å². The van der Waals surface area contributed by atoms with Crippen LogP contribution in [0.3, 0.4) is 0 Å². The van der Waals surface area contributed by atoms with Crippen LogP contribution in [0.2, 0.25) is 0 Å². The molecule has 17 heavy (non-hydrogen) atoms. The zero-order chi connectivity index (χ0) is 12.5. The highest BCUT2D eigenvalue weighted by Crippen LogP contribution is 2.40. The molecule has 4 nitrogen and oxygen atoms in total. The molecule has 0 aliphatic heterocycles. The van der Waals surface area contributed by atoms with Crippen molar-refractivity contribution in [3.8, 4) is 0 Å². The largest absolute Gasteiger partial charge is 0.619 e. The first-order valence-electron chi connectivity index (χ1n) is 5.99. The van der Waals surface area contributed by atoms with Crippen LogP contribution in [0.5, 0.6) is 0 Å². The Morgan fingerprint density at radius 3 is 2.82 bits per heavy atom. The van der Waals surface area contributed by atoms with Gasteiger partial charge in [-0.1, -0.05) is 6.92 Å². The van der Waals surface area contributed by atoms with E-state index >= 15 is 0 Å². The van der Waals surface area contributed by atoms with Crippen molar-refractivity contribution in [1.82, 2.24) is 0 Å². The molecule has 1 aromatic heterocycles. The normalized spacial score (nSPS) is 22.2. The van der Waals surface area contributed by atoms with E-state index in [-0.39, 0.29) is 5.97 Å². The fourth-order valence-corrected chi connectivity index (χ4v) is 2.50. The molecular formula is C13H17NO3. The third kappa shape index (κ3) is 1.99. The number of nitrogens with zero attached hydrogens (tertiary/aromatic N) is 1. The number of ether oxygens (including phenoxy) is 1. The van der Waals surface area contributed by atoms with E-state index in [0.717, 1.165) is 22.3 Å². The van der Waals surface area contributed by atoms with E-state index in [1.165, 1.54) is 6.20 Å². The smallest absolute Gasteiger partial charge is 0.312 e. The van der Waals surface area contributed by atoms with Gasteiger partial charge in [0.1, 0.15) is 0 Å². The van der Waals surface area contributed by atoms with Crippen LogP contribution in [0.15, 0.2) is 18.5 Å². The molecule has 0 aromatic carbocycles. The molecule has 0 spiro atoms. The Bertz CT molecular complexity index is 444. The topological polar surface area (TPSA) is 53.2 Å². The minimum absolute atomic E-state index is 0.142. The summed E-state index contributed by atoms with van der Waals surface area (Å²) in [4.78, 5) is 12.0. The predicted octanol–water partition coefficient (Wildman–Crippen LogP) is 1.38. The average Bonchev–Trinajstić information content (AvgIpc) is 2.68. The number of pyridine rings is 1. The Morgan fingerprint density at radius 2 is 2.18 bits per heavy atom. The van der Waals surface area contributed by atoms with Crippen LogP contribution >= 0.6 is 0 Å². The number of carbonyl (C=O) groups excluding carboxylic acids is 1. The van der Waals surface area contributed by atoms with E-state index in [1.807, 2.05) is 13.8 Å². The van der Waals surface area contributed by atoms with Gasteiger partial charge in [0, 0.05) is 11.6 Å². The van der Waals surface area contributed by atoms with Gasteiger partial charge in [-0.2, -0.15) is 4.73 Å². The molecule has 0 N–H and O–H groups in total. The van der Waals surface area contributed by atoms with Gasteiger partial charge in [-0.05, 0) is 31.7 Å². The number of carbonyl (C=O) groups is 1. The van der Waals surface area contributed by atoms with Crippen LogP contribution < -0.4 is 4.73 Å². The van der Waals surface area contributed by atoms with E-state index in [4.69, 9.17) is 4.74 Å². The first-order chi connectivity index (χ1) is 8.11. The zero-order valence-electron chi connectivity index (χ0n) is 10.2. The highest BCUT2D eigenvalue weighted by molar-refractivity contribution is 5.79. The molecule has 0 fully saturated rings. The Kier molecular flexibility index (Phi) is 3.05. The van der Waals surface area contributed by atoms with Crippen molar-refractivity contribution in [1.29, 1.82) is 0 Å². The summed E-state index contributed by atoms with van der Waals surface area (Å²) in [6.45, 7) is 4.21. The molecule has 1 heterocycles. The number of rotatable bonds is 3.